The number of carbonyl (C=O) groups excluding carboxylic acids is 1. The van der Waals surface area contributed by atoms with Crippen LogP contribution in [0.2, 0.25) is 0 Å². The van der Waals surface area contributed by atoms with E-state index in [9.17, 15) is 4.79 Å². The fourth-order valence-electron chi connectivity index (χ4n) is 3.13. The predicted molar refractivity (Wildman–Crippen MR) is 107 cm³/mol. The van der Waals surface area contributed by atoms with E-state index in [0.29, 0.717) is 13.1 Å². The first-order valence-electron chi connectivity index (χ1n) is 9.39. The number of carbonyl (C=O) groups is 1. The van der Waals surface area contributed by atoms with E-state index in [2.05, 4.69) is 40.9 Å². The molecule has 0 saturated carbocycles. The van der Waals surface area contributed by atoms with Crippen molar-refractivity contribution >= 4 is 6.03 Å². The monoisotopic (exact) mass is 362 g/mol. The van der Waals surface area contributed by atoms with Crippen molar-refractivity contribution in [1.82, 2.24) is 20.4 Å². The number of urea groups is 1. The lowest BCUT2D eigenvalue weighted by atomic mass is 10.0. The van der Waals surface area contributed by atoms with Gasteiger partial charge in [-0.15, -0.1) is 0 Å². The van der Waals surface area contributed by atoms with E-state index >= 15 is 0 Å². The maximum absolute atomic E-state index is 12.5. The van der Waals surface area contributed by atoms with Crippen LogP contribution in [-0.4, -0.2) is 15.8 Å². The number of hydrogen-bond donors (Lipinski definition) is 2. The molecule has 0 spiro atoms. The van der Waals surface area contributed by atoms with Gasteiger partial charge in [0.25, 0.3) is 0 Å². The predicted octanol–water partition coefficient (Wildman–Crippen LogP) is 4.27. The van der Waals surface area contributed by atoms with Gasteiger partial charge in [0.05, 0.1) is 12.6 Å². The minimum atomic E-state index is -0.147. The van der Waals surface area contributed by atoms with Crippen LogP contribution in [0.1, 0.15) is 42.5 Å². The molecular weight excluding hydrogens is 336 g/mol. The molecule has 0 saturated heterocycles. The molecule has 0 radical (unpaired) electrons. The van der Waals surface area contributed by atoms with Crippen LogP contribution in [0.5, 0.6) is 0 Å². The smallest absolute Gasteiger partial charge is 0.315 e. The zero-order chi connectivity index (χ0) is 18.9. The van der Waals surface area contributed by atoms with Gasteiger partial charge in [0.1, 0.15) is 0 Å². The van der Waals surface area contributed by atoms with Crippen LogP contribution in [0, 0.1) is 0 Å². The second kappa shape index (κ2) is 9.57. The third-order valence-corrected chi connectivity index (χ3v) is 4.53. The molecule has 2 aromatic carbocycles. The largest absolute Gasteiger partial charge is 0.334 e. The highest BCUT2D eigenvalue weighted by Crippen LogP contribution is 2.18. The van der Waals surface area contributed by atoms with Gasteiger partial charge in [0.2, 0.25) is 0 Å². The molecule has 3 aromatic rings. The first-order valence-corrected chi connectivity index (χ1v) is 9.39. The molecule has 3 rings (SSSR count). The molecule has 2 amide bonds. The summed E-state index contributed by atoms with van der Waals surface area (Å²) in [5, 5.41) is 10.4. The summed E-state index contributed by atoms with van der Waals surface area (Å²) in [5.74, 6) is 0. The lowest BCUT2D eigenvalue weighted by Gasteiger charge is -2.19. The molecule has 0 aliphatic heterocycles. The van der Waals surface area contributed by atoms with Crippen LogP contribution in [0.25, 0.3) is 0 Å². The summed E-state index contributed by atoms with van der Waals surface area (Å²) in [7, 11) is 0. The van der Waals surface area contributed by atoms with Gasteiger partial charge >= 0.3 is 6.03 Å². The van der Waals surface area contributed by atoms with Gasteiger partial charge in [-0.05, 0) is 29.2 Å². The van der Waals surface area contributed by atoms with E-state index in [1.807, 2.05) is 53.3 Å². The molecule has 5 nitrogen and oxygen atoms in total. The number of hydrogen-bond acceptors (Lipinski definition) is 2. The number of nitrogens with zero attached hydrogens (tertiary/aromatic N) is 2. The van der Waals surface area contributed by atoms with Crippen LogP contribution in [0.15, 0.2) is 73.1 Å². The van der Waals surface area contributed by atoms with Crippen LogP contribution in [0.3, 0.4) is 0 Å². The Bertz CT molecular complexity index is 831. The Morgan fingerprint density at radius 3 is 2.48 bits per heavy atom. The first kappa shape index (κ1) is 18.7. The molecule has 0 unspecified atom stereocenters. The van der Waals surface area contributed by atoms with Crippen LogP contribution >= 0.6 is 0 Å². The molecule has 5 heteroatoms. The number of rotatable bonds is 8. The van der Waals surface area contributed by atoms with Crippen molar-refractivity contribution in [2.24, 2.45) is 0 Å². The van der Waals surface area contributed by atoms with E-state index in [4.69, 9.17) is 0 Å². The SMILES string of the molecule is CCC[C@@H](NC(=O)NCc1ccccc1Cn1cccn1)c1ccccc1. The summed E-state index contributed by atoms with van der Waals surface area (Å²) >= 11 is 0. The van der Waals surface area contributed by atoms with Gasteiger partial charge in [-0.2, -0.15) is 5.10 Å². The van der Waals surface area contributed by atoms with Crippen molar-refractivity contribution in [3.63, 3.8) is 0 Å². The van der Waals surface area contributed by atoms with E-state index < -0.39 is 0 Å². The summed E-state index contributed by atoms with van der Waals surface area (Å²) in [6.45, 7) is 3.30. The molecule has 140 valence electrons. The van der Waals surface area contributed by atoms with Gasteiger partial charge in [-0.3, -0.25) is 4.68 Å². The summed E-state index contributed by atoms with van der Waals surface area (Å²) in [6, 6.07) is 20.0. The standard InChI is InChI=1S/C22H26N4O/c1-2-9-21(18-10-4-3-5-11-18)25-22(27)23-16-19-12-6-7-13-20(19)17-26-15-8-14-24-26/h3-8,10-15,21H,2,9,16-17H2,1H3,(H2,23,25,27)/t21-/m1/s1. The molecule has 0 bridgehead atoms. The van der Waals surface area contributed by atoms with Gasteiger partial charge in [-0.25, -0.2) is 4.79 Å². The quantitative estimate of drug-likeness (QED) is 0.629. The first-order chi connectivity index (χ1) is 13.3. The fraction of sp³-hybridized carbons (Fsp3) is 0.273. The van der Waals surface area contributed by atoms with Gasteiger partial charge < -0.3 is 10.6 Å². The summed E-state index contributed by atoms with van der Waals surface area (Å²) in [4.78, 5) is 12.5. The number of amides is 2. The van der Waals surface area contributed by atoms with E-state index in [-0.39, 0.29) is 12.1 Å². The zero-order valence-electron chi connectivity index (χ0n) is 15.6. The van der Waals surface area contributed by atoms with Crippen LogP contribution in [0.4, 0.5) is 4.79 Å². The van der Waals surface area contributed by atoms with Crippen LogP contribution < -0.4 is 10.6 Å². The van der Waals surface area contributed by atoms with E-state index in [1.165, 1.54) is 0 Å². The van der Waals surface area contributed by atoms with Crippen molar-refractivity contribution in [3.8, 4) is 0 Å². The number of benzene rings is 2. The Balaban J connectivity index is 1.60. The molecular formula is C22H26N4O. The molecule has 27 heavy (non-hydrogen) atoms. The lowest BCUT2D eigenvalue weighted by Crippen LogP contribution is -2.37. The molecule has 0 fully saturated rings. The topological polar surface area (TPSA) is 59.0 Å². The second-order valence-corrected chi connectivity index (χ2v) is 6.55. The van der Waals surface area contributed by atoms with Gasteiger partial charge in [-0.1, -0.05) is 67.9 Å². The van der Waals surface area contributed by atoms with Crippen molar-refractivity contribution < 1.29 is 4.79 Å². The van der Waals surface area contributed by atoms with Crippen molar-refractivity contribution in [2.45, 2.75) is 38.9 Å². The van der Waals surface area contributed by atoms with Crippen molar-refractivity contribution in [1.29, 1.82) is 0 Å². The third-order valence-electron chi connectivity index (χ3n) is 4.53. The Kier molecular flexibility index (Phi) is 6.63. The van der Waals surface area contributed by atoms with Gasteiger partial charge in [0, 0.05) is 18.9 Å². The van der Waals surface area contributed by atoms with E-state index in [0.717, 1.165) is 29.5 Å². The normalized spacial score (nSPS) is 11.7. The Morgan fingerprint density at radius 2 is 1.78 bits per heavy atom. The molecule has 1 heterocycles. The third kappa shape index (κ3) is 5.45. The van der Waals surface area contributed by atoms with Crippen LogP contribution in [-0.2, 0) is 13.1 Å². The number of aromatic nitrogens is 2. The Hall–Kier alpha value is -3.08. The maximum atomic E-state index is 12.5. The molecule has 0 aliphatic carbocycles. The summed E-state index contributed by atoms with van der Waals surface area (Å²) in [5.41, 5.74) is 3.37. The molecule has 1 aromatic heterocycles. The fourth-order valence-corrected chi connectivity index (χ4v) is 3.13. The van der Waals surface area contributed by atoms with E-state index in [1.54, 1.807) is 6.20 Å². The average molecular weight is 362 g/mol. The average Bonchev–Trinajstić information content (AvgIpc) is 3.21. The van der Waals surface area contributed by atoms with Gasteiger partial charge in [0.15, 0.2) is 0 Å². The highest BCUT2D eigenvalue weighted by molar-refractivity contribution is 5.74. The highest BCUT2D eigenvalue weighted by atomic mass is 16.2. The molecule has 2 N–H and O–H groups in total. The highest BCUT2D eigenvalue weighted by Gasteiger charge is 2.13. The minimum Gasteiger partial charge on any atom is -0.334 e. The lowest BCUT2D eigenvalue weighted by molar-refractivity contribution is 0.236. The maximum Gasteiger partial charge on any atom is 0.315 e. The Labute approximate surface area is 160 Å². The van der Waals surface area contributed by atoms with Crippen molar-refractivity contribution in [3.05, 3.63) is 89.7 Å². The Morgan fingerprint density at radius 1 is 1.04 bits per heavy atom. The van der Waals surface area contributed by atoms with Crippen molar-refractivity contribution in [2.75, 3.05) is 0 Å². The summed E-state index contributed by atoms with van der Waals surface area (Å²) < 4.78 is 1.88. The number of nitrogens with one attached hydrogen (secondary N) is 2. The second-order valence-electron chi connectivity index (χ2n) is 6.55. The molecule has 1 atom stereocenters. The minimum absolute atomic E-state index is 0.0236. The zero-order valence-corrected chi connectivity index (χ0v) is 15.6. The molecule has 0 aliphatic rings. The summed E-state index contributed by atoms with van der Waals surface area (Å²) in [6.07, 6.45) is 5.62.